The number of hydrogen-bond donors (Lipinski definition) is 1. The molecular formula is C10H12N2O4. The van der Waals surface area contributed by atoms with E-state index in [4.69, 9.17) is 4.74 Å². The number of alkyl carbamates (subject to hydrolysis) is 1. The van der Waals surface area contributed by atoms with E-state index in [2.05, 4.69) is 10.1 Å². The third-order valence-electron chi connectivity index (χ3n) is 2.59. The zero-order valence-electron chi connectivity index (χ0n) is 9.02. The van der Waals surface area contributed by atoms with Crippen molar-refractivity contribution in [2.45, 2.75) is 6.04 Å². The fraction of sp³-hybridized carbons (Fsp3) is 0.400. The van der Waals surface area contributed by atoms with Crippen LogP contribution in [-0.4, -0.2) is 30.3 Å². The van der Waals surface area contributed by atoms with E-state index in [0.29, 0.717) is 5.69 Å². The van der Waals surface area contributed by atoms with Gasteiger partial charge in [0.1, 0.15) is 18.3 Å². The first-order chi connectivity index (χ1) is 7.63. The minimum atomic E-state index is -0.439. The van der Waals surface area contributed by atoms with Crippen molar-refractivity contribution in [1.82, 2.24) is 9.88 Å². The van der Waals surface area contributed by atoms with Crippen LogP contribution in [0.15, 0.2) is 12.1 Å². The fourth-order valence-corrected chi connectivity index (χ4v) is 1.73. The summed E-state index contributed by atoms with van der Waals surface area (Å²) in [5.41, 5.74) is 1.25. The Morgan fingerprint density at radius 1 is 1.62 bits per heavy atom. The summed E-state index contributed by atoms with van der Waals surface area (Å²) >= 11 is 0. The van der Waals surface area contributed by atoms with Crippen LogP contribution in [0.25, 0.3) is 0 Å². The number of cyclic esters (lactones) is 1. The quantitative estimate of drug-likeness (QED) is 0.746. The highest BCUT2D eigenvalue weighted by molar-refractivity contribution is 5.87. The van der Waals surface area contributed by atoms with Gasteiger partial charge in [-0.15, -0.1) is 0 Å². The molecule has 0 saturated carbocycles. The van der Waals surface area contributed by atoms with E-state index >= 15 is 0 Å². The number of methoxy groups -OCH3 is 1. The molecule has 16 heavy (non-hydrogen) atoms. The lowest BCUT2D eigenvalue weighted by molar-refractivity contribution is 0.0589. The summed E-state index contributed by atoms with van der Waals surface area (Å²) in [6.45, 7) is 0.275. The third-order valence-corrected chi connectivity index (χ3v) is 2.59. The van der Waals surface area contributed by atoms with Crippen LogP contribution in [0.3, 0.4) is 0 Å². The van der Waals surface area contributed by atoms with E-state index < -0.39 is 12.1 Å². The second-order valence-electron chi connectivity index (χ2n) is 3.49. The van der Waals surface area contributed by atoms with Gasteiger partial charge in [0.2, 0.25) is 0 Å². The molecule has 1 aliphatic rings. The molecule has 1 aliphatic heterocycles. The molecule has 0 aliphatic carbocycles. The van der Waals surface area contributed by atoms with Crippen molar-refractivity contribution in [2.75, 3.05) is 13.7 Å². The van der Waals surface area contributed by atoms with Crippen LogP contribution in [0.4, 0.5) is 4.79 Å². The Kier molecular flexibility index (Phi) is 2.55. The second kappa shape index (κ2) is 3.88. The van der Waals surface area contributed by atoms with Crippen molar-refractivity contribution in [1.29, 1.82) is 0 Å². The van der Waals surface area contributed by atoms with E-state index in [9.17, 15) is 9.59 Å². The molecule has 1 atom stereocenters. The maximum atomic E-state index is 11.4. The van der Waals surface area contributed by atoms with Gasteiger partial charge >= 0.3 is 12.1 Å². The number of nitrogens with one attached hydrogen (secondary N) is 1. The lowest BCUT2D eigenvalue weighted by Crippen LogP contribution is -2.21. The molecule has 6 nitrogen and oxygen atoms in total. The molecular weight excluding hydrogens is 212 g/mol. The van der Waals surface area contributed by atoms with Gasteiger partial charge in [-0.3, -0.25) is 0 Å². The summed E-state index contributed by atoms with van der Waals surface area (Å²) in [6.07, 6.45) is -0.439. The summed E-state index contributed by atoms with van der Waals surface area (Å²) in [7, 11) is 3.07. The summed E-state index contributed by atoms with van der Waals surface area (Å²) in [5, 5.41) is 2.65. The molecule has 0 bridgehead atoms. The van der Waals surface area contributed by atoms with Gasteiger partial charge < -0.3 is 19.4 Å². The summed E-state index contributed by atoms with van der Waals surface area (Å²) in [6, 6.07) is 3.22. The molecule has 1 aromatic heterocycles. The number of carbonyl (C=O) groups excluding carboxylic acids is 2. The third kappa shape index (κ3) is 1.62. The predicted octanol–water partition coefficient (Wildman–Crippen LogP) is 0.593. The van der Waals surface area contributed by atoms with E-state index in [1.807, 2.05) is 0 Å². The van der Waals surface area contributed by atoms with Crippen LogP contribution in [0.5, 0.6) is 0 Å². The van der Waals surface area contributed by atoms with Crippen molar-refractivity contribution < 1.29 is 19.1 Å². The van der Waals surface area contributed by atoms with E-state index in [-0.39, 0.29) is 12.6 Å². The van der Waals surface area contributed by atoms with E-state index in [1.54, 1.807) is 23.7 Å². The van der Waals surface area contributed by atoms with Gasteiger partial charge in [0.15, 0.2) is 0 Å². The van der Waals surface area contributed by atoms with Crippen molar-refractivity contribution in [3.63, 3.8) is 0 Å². The van der Waals surface area contributed by atoms with Gasteiger partial charge in [0.25, 0.3) is 0 Å². The molecule has 1 aromatic rings. The number of nitrogens with zero attached hydrogens (tertiary/aromatic N) is 1. The van der Waals surface area contributed by atoms with Crippen molar-refractivity contribution in [3.05, 3.63) is 23.5 Å². The Hall–Kier alpha value is -1.98. The fourth-order valence-electron chi connectivity index (χ4n) is 1.73. The minimum Gasteiger partial charge on any atom is -0.464 e. The molecule has 0 spiro atoms. The number of rotatable bonds is 2. The van der Waals surface area contributed by atoms with Crippen LogP contribution in [-0.2, 0) is 16.5 Å². The average Bonchev–Trinajstić information content (AvgIpc) is 2.83. The summed E-state index contributed by atoms with van der Waals surface area (Å²) in [5.74, 6) is -0.404. The van der Waals surface area contributed by atoms with Crippen LogP contribution >= 0.6 is 0 Å². The SMILES string of the molecule is COC(=O)c1ccc(C2COC(=O)N2)n1C. The second-order valence-corrected chi connectivity index (χ2v) is 3.49. The Balaban J connectivity index is 2.26. The van der Waals surface area contributed by atoms with Crippen molar-refractivity contribution in [3.8, 4) is 0 Å². The summed E-state index contributed by atoms with van der Waals surface area (Å²) in [4.78, 5) is 22.3. The monoisotopic (exact) mass is 224 g/mol. The number of esters is 1. The highest BCUT2D eigenvalue weighted by atomic mass is 16.6. The van der Waals surface area contributed by atoms with Crippen LogP contribution in [0, 0.1) is 0 Å². The topological polar surface area (TPSA) is 69.6 Å². The van der Waals surface area contributed by atoms with Gasteiger partial charge in [-0.05, 0) is 12.1 Å². The molecule has 1 amide bonds. The zero-order chi connectivity index (χ0) is 11.7. The molecule has 2 heterocycles. The summed E-state index contributed by atoms with van der Waals surface area (Å²) < 4.78 is 11.1. The lowest BCUT2D eigenvalue weighted by Gasteiger charge is -2.10. The minimum absolute atomic E-state index is 0.212. The molecule has 0 aromatic carbocycles. The van der Waals surface area contributed by atoms with Gasteiger partial charge in [-0.2, -0.15) is 0 Å². The number of carbonyl (C=O) groups is 2. The Bertz CT molecular complexity index is 438. The normalized spacial score (nSPS) is 19.1. The van der Waals surface area contributed by atoms with Crippen molar-refractivity contribution >= 4 is 12.1 Å². The standard InChI is InChI=1S/C10H12N2O4/c1-12-7(6-5-16-10(14)11-6)3-4-8(12)9(13)15-2/h3-4,6H,5H2,1-2H3,(H,11,14). The van der Waals surface area contributed by atoms with Crippen LogP contribution in [0.1, 0.15) is 22.2 Å². The average molecular weight is 224 g/mol. The molecule has 1 saturated heterocycles. The zero-order valence-corrected chi connectivity index (χ0v) is 9.02. The smallest absolute Gasteiger partial charge is 0.407 e. The molecule has 0 radical (unpaired) electrons. The maximum absolute atomic E-state index is 11.4. The van der Waals surface area contributed by atoms with Crippen LogP contribution < -0.4 is 5.32 Å². The molecule has 1 fully saturated rings. The molecule has 1 unspecified atom stereocenters. The Morgan fingerprint density at radius 3 is 2.94 bits per heavy atom. The first kappa shape index (κ1) is 10.5. The maximum Gasteiger partial charge on any atom is 0.407 e. The van der Waals surface area contributed by atoms with Gasteiger partial charge in [-0.1, -0.05) is 0 Å². The first-order valence-corrected chi connectivity index (χ1v) is 4.80. The van der Waals surface area contributed by atoms with Gasteiger partial charge in [0, 0.05) is 12.7 Å². The van der Waals surface area contributed by atoms with Gasteiger partial charge in [-0.25, -0.2) is 9.59 Å². The molecule has 2 rings (SSSR count). The molecule has 6 heteroatoms. The predicted molar refractivity (Wildman–Crippen MR) is 54.0 cm³/mol. The van der Waals surface area contributed by atoms with E-state index in [1.165, 1.54) is 7.11 Å². The number of aromatic nitrogens is 1. The first-order valence-electron chi connectivity index (χ1n) is 4.80. The number of hydrogen-bond acceptors (Lipinski definition) is 4. The molecule has 1 N–H and O–H groups in total. The number of ether oxygens (including phenoxy) is 2. The highest BCUT2D eigenvalue weighted by Crippen LogP contribution is 2.20. The van der Waals surface area contributed by atoms with Crippen LogP contribution in [0.2, 0.25) is 0 Å². The largest absolute Gasteiger partial charge is 0.464 e. The number of amides is 1. The van der Waals surface area contributed by atoms with E-state index in [0.717, 1.165) is 5.69 Å². The van der Waals surface area contributed by atoms with Gasteiger partial charge in [0.05, 0.1) is 7.11 Å². The Morgan fingerprint density at radius 2 is 2.38 bits per heavy atom. The Labute approximate surface area is 92.1 Å². The molecule has 86 valence electrons. The highest BCUT2D eigenvalue weighted by Gasteiger charge is 2.27. The lowest BCUT2D eigenvalue weighted by atomic mass is 10.2. The van der Waals surface area contributed by atoms with Crippen molar-refractivity contribution in [2.24, 2.45) is 7.05 Å².